The maximum atomic E-state index is 11.2. The van der Waals surface area contributed by atoms with Gasteiger partial charge in [0.1, 0.15) is 0 Å². The lowest BCUT2D eigenvalue weighted by molar-refractivity contribution is -0.386. The van der Waals surface area contributed by atoms with Crippen molar-refractivity contribution in [1.29, 1.82) is 0 Å². The van der Waals surface area contributed by atoms with E-state index in [1.165, 1.54) is 6.07 Å². The van der Waals surface area contributed by atoms with Gasteiger partial charge in [0.05, 0.1) is 29.3 Å². The molecule has 0 spiro atoms. The van der Waals surface area contributed by atoms with Crippen molar-refractivity contribution in [3.63, 3.8) is 0 Å². The molecule has 0 aromatic carbocycles. The number of aliphatic imine (C=N–C) groups is 1. The van der Waals surface area contributed by atoms with Gasteiger partial charge in [0.25, 0.3) is 5.88 Å². The Bertz CT molecular complexity index is 559. The van der Waals surface area contributed by atoms with Gasteiger partial charge in [0, 0.05) is 19.7 Å². The molecule has 1 heterocycles. The summed E-state index contributed by atoms with van der Waals surface area (Å²) < 4.78 is 5.52. The molecule has 23 heavy (non-hydrogen) atoms. The zero-order valence-corrected chi connectivity index (χ0v) is 14.6. The number of ether oxygens (including phenoxy) is 1. The van der Waals surface area contributed by atoms with Gasteiger partial charge < -0.3 is 9.64 Å². The highest BCUT2D eigenvalue weighted by molar-refractivity contribution is 5.64. The predicted molar refractivity (Wildman–Crippen MR) is 91.7 cm³/mol. The molecule has 0 saturated heterocycles. The normalized spacial score (nSPS) is 11.2. The molecule has 1 aromatic heterocycles. The lowest BCUT2D eigenvalue weighted by Crippen LogP contribution is -2.14. The molecule has 0 aliphatic rings. The molecule has 0 saturated carbocycles. The summed E-state index contributed by atoms with van der Waals surface area (Å²) in [6.07, 6.45) is 3.49. The van der Waals surface area contributed by atoms with Crippen molar-refractivity contribution < 1.29 is 9.66 Å². The van der Waals surface area contributed by atoms with Crippen molar-refractivity contribution in [3.05, 3.63) is 21.9 Å². The average Bonchev–Trinajstić information content (AvgIpc) is 2.49. The van der Waals surface area contributed by atoms with Crippen LogP contribution in [0.4, 0.5) is 11.4 Å². The minimum Gasteiger partial charge on any atom is -0.473 e. The SMILES string of the molecule is CCN(C)/C=N/c1cc([N+](=O)[O-])c(OCCCC(C)C)nc1C. The zero-order valence-electron chi connectivity index (χ0n) is 14.6. The lowest BCUT2D eigenvalue weighted by atomic mass is 10.1. The van der Waals surface area contributed by atoms with E-state index >= 15 is 0 Å². The van der Waals surface area contributed by atoms with Crippen LogP contribution in [0.5, 0.6) is 5.88 Å². The lowest BCUT2D eigenvalue weighted by Gasteiger charge is -2.10. The van der Waals surface area contributed by atoms with Crippen molar-refractivity contribution in [2.24, 2.45) is 10.9 Å². The summed E-state index contributed by atoms with van der Waals surface area (Å²) in [5.41, 5.74) is 0.938. The van der Waals surface area contributed by atoms with E-state index in [4.69, 9.17) is 4.74 Å². The highest BCUT2D eigenvalue weighted by atomic mass is 16.6. The van der Waals surface area contributed by atoms with Gasteiger partial charge in [-0.15, -0.1) is 0 Å². The van der Waals surface area contributed by atoms with Crippen LogP contribution in [0.3, 0.4) is 0 Å². The third-order valence-corrected chi connectivity index (χ3v) is 3.39. The Balaban J connectivity index is 2.93. The number of hydrogen-bond acceptors (Lipinski definition) is 5. The summed E-state index contributed by atoms with van der Waals surface area (Å²) >= 11 is 0. The van der Waals surface area contributed by atoms with Crippen LogP contribution in [0.15, 0.2) is 11.1 Å². The Labute approximate surface area is 137 Å². The number of rotatable bonds is 9. The van der Waals surface area contributed by atoms with Crippen LogP contribution in [0.1, 0.15) is 39.3 Å². The van der Waals surface area contributed by atoms with Crippen LogP contribution in [0, 0.1) is 23.0 Å². The van der Waals surface area contributed by atoms with Crippen LogP contribution in [-0.4, -0.2) is 41.3 Å². The monoisotopic (exact) mass is 322 g/mol. The number of hydrogen-bond donors (Lipinski definition) is 0. The Kier molecular flexibility index (Phi) is 7.44. The number of aromatic nitrogens is 1. The number of nitrogens with zero attached hydrogens (tertiary/aromatic N) is 4. The van der Waals surface area contributed by atoms with Crippen LogP contribution >= 0.6 is 0 Å². The fourth-order valence-corrected chi connectivity index (χ4v) is 1.83. The molecule has 0 unspecified atom stereocenters. The van der Waals surface area contributed by atoms with Crippen LogP contribution < -0.4 is 4.74 Å². The van der Waals surface area contributed by atoms with Gasteiger partial charge in [-0.3, -0.25) is 10.1 Å². The van der Waals surface area contributed by atoms with Gasteiger partial charge in [0.2, 0.25) is 0 Å². The molecule has 0 radical (unpaired) electrons. The molecule has 0 amide bonds. The summed E-state index contributed by atoms with van der Waals surface area (Å²) in [7, 11) is 1.88. The molecule has 1 rings (SSSR count). The summed E-state index contributed by atoms with van der Waals surface area (Å²) in [5, 5.41) is 11.2. The minimum atomic E-state index is -0.479. The molecule has 7 nitrogen and oxygen atoms in total. The molecule has 128 valence electrons. The molecular weight excluding hydrogens is 296 g/mol. The maximum absolute atomic E-state index is 11.2. The smallest absolute Gasteiger partial charge is 0.333 e. The van der Waals surface area contributed by atoms with Crippen molar-refractivity contribution in [2.45, 2.75) is 40.5 Å². The van der Waals surface area contributed by atoms with Gasteiger partial charge in [0.15, 0.2) is 0 Å². The molecule has 0 aliphatic heterocycles. The Hall–Kier alpha value is -2.18. The third-order valence-electron chi connectivity index (χ3n) is 3.39. The standard InChI is InChI=1S/C16H26N4O3/c1-6-19(5)11-17-14-10-15(20(21)22)16(18-13(14)4)23-9-7-8-12(2)3/h10-12H,6-9H2,1-5H3/b17-11+. The van der Waals surface area contributed by atoms with E-state index in [0.29, 0.717) is 23.9 Å². The first-order valence-corrected chi connectivity index (χ1v) is 7.88. The summed E-state index contributed by atoms with van der Waals surface area (Å²) in [4.78, 5) is 21.1. The minimum absolute atomic E-state index is 0.0686. The predicted octanol–water partition coefficient (Wildman–Crippen LogP) is 3.72. The Morgan fingerprint density at radius 2 is 2.22 bits per heavy atom. The first-order valence-electron chi connectivity index (χ1n) is 7.88. The summed E-state index contributed by atoms with van der Waals surface area (Å²) in [5.74, 6) is 0.648. The van der Waals surface area contributed by atoms with Gasteiger partial charge in [-0.05, 0) is 32.6 Å². The molecule has 0 bridgehead atoms. The molecule has 1 aromatic rings. The van der Waals surface area contributed by atoms with Crippen molar-refractivity contribution in [1.82, 2.24) is 9.88 Å². The Morgan fingerprint density at radius 3 is 2.78 bits per heavy atom. The van der Waals surface area contributed by atoms with Crippen LogP contribution in [0.25, 0.3) is 0 Å². The quantitative estimate of drug-likeness (QED) is 0.227. The second-order valence-electron chi connectivity index (χ2n) is 5.88. The number of nitro groups is 1. The molecule has 0 N–H and O–H groups in total. The van der Waals surface area contributed by atoms with E-state index in [2.05, 4.69) is 23.8 Å². The van der Waals surface area contributed by atoms with E-state index in [1.54, 1.807) is 13.3 Å². The van der Waals surface area contributed by atoms with Gasteiger partial charge >= 0.3 is 5.69 Å². The van der Waals surface area contributed by atoms with Crippen molar-refractivity contribution in [3.8, 4) is 5.88 Å². The van der Waals surface area contributed by atoms with Crippen LogP contribution in [-0.2, 0) is 0 Å². The van der Waals surface area contributed by atoms with E-state index in [-0.39, 0.29) is 11.6 Å². The molecule has 0 fully saturated rings. The highest BCUT2D eigenvalue weighted by Gasteiger charge is 2.20. The summed E-state index contributed by atoms with van der Waals surface area (Å²) in [6, 6.07) is 1.42. The fourth-order valence-electron chi connectivity index (χ4n) is 1.83. The maximum Gasteiger partial charge on any atom is 0.333 e. The van der Waals surface area contributed by atoms with E-state index in [1.807, 2.05) is 18.9 Å². The van der Waals surface area contributed by atoms with Crippen molar-refractivity contribution in [2.75, 3.05) is 20.2 Å². The Morgan fingerprint density at radius 1 is 1.52 bits per heavy atom. The molecule has 0 atom stereocenters. The largest absolute Gasteiger partial charge is 0.473 e. The summed E-state index contributed by atoms with van der Waals surface area (Å²) in [6.45, 7) is 9.24. The highest BCUT2D eigenvalue weighted by Crippen LogP contribution is 2.31. The fraction of sp³-hybridized carbons (Fsp3) is 0.625. The second-order valence-corrected chi connectivity index (χ2v) is 5.88. The molecule has 7 heteroatoms. The topological polar surface area (TPSA) is 80.9 Å². The first kappa shape index (κ1) is 18.9. The molecule has 0 aliphatic carbocycles. The number of aryl methyl sites for hydroxylation is 1. The van der Waals surface area contributed by atoms with Crippen molar-refractivity contribution >= 4 is 17.7 Å². The van der Waals surface area contributed by atoms with Gasteiger partial charge in [-0.2, -0.15) is 0 Å². The van der Waals surface area contributed by atoms with Crippen LogP contribution in [0.2, 0.25) is 0 Å². The van der Waals surface area contributed by atoms with Gasteiger partial charge in [-0.1, -0.05) is 13.8 Å². The van der Waals surface area contributed by atoms with E-state index in [9.17, 15) is 10.1 Å². The van der Waals surface area contributed by atoms with Gasteiger partial charge in [-0.25, -0.2) is 9.98 Å². The number of pyridine rings is 1. The second kappa shape index (κ2) is 9.07. The average molecular weight is 322 g/mol. The zero-order chi connectivity index (χ0) is 17.4. The third kappa shape index (κ3) is 6.22. The van der Waals surface area contributed by atoms with E-state index < -0.39 is 4.92 Å². The first-order chi connectivity index (χ1) is 10.8. The van der Waals surface area contributed by atoms with E-state index in [0.717, 1.165) is 19.4 Å². The molecular formula is C16H26N4O3.